The minimum atomic E-state index is -1.96. The number of allylic oxidation sites excluding steroid dienone is 2. The molecule has 0 saturated heterocycles. The van der Waals surface area contributed by atoms with Gasteiger partial charge in [-0.15, -0.1) is 0 Å². The Morgan fingerprint density at radius 1 is 1.03 bits per heavy atom. The summed E-state index contributed by atoms with van der Waals surface area (Å²) in [6.45, 7) is 0. The number of rotatable bonds is 5. The number of nitrogens with zero attached hydrogens (tertiary/aromatic N) is 2. The molecule has 0 radical (unpaired) electrons. The van der Waals surface area contributed by atoms with E-state index in [0.717, 1.165) is 0 Å². The predicted octanol–water partition coefficient (Wildman–Crippen LogP) is 0.162. The lowest BCUT2D eigenvalue weighted by Crippen LogP contribution is -2.51. The number of benzene rings is 2. The second kappa shape index (κ2) is 8.37. The smallest absolute Gasteiger partial charge is 0.374 e. The third kappa shape index (κ3) is 3.48. The van der Waals surface area contributed by atoms with Crippen LogP contribution in [0, 0.1) is 5.92 Å². The van der Waals surface area contributed by atoms with Crippen LogP contribution in [0.15, 0.2) is 63.6 Å². The van der Waals surface area contributed by atoms with Gasteiger partial charge in [-0.25, -0.2) is 0 Å². The average Bonchev–Trinajstić information content (AvgIpc) is 3.18. The van der Waals surface area contributed by atoms with E-state index in [1.807, 2.05) is 0 Å². The van der Waals surface area contributed by atoms with Crippen molar-refractivity contribution in [1.82, 2.24) is 0 Å². The molecule has 2 aromatic carbocycles. The lowest BCUT2D eigenvalue weighted by Gasteiger charge is -2.34. The van der Waals surface area contributed by atoms with Crippen LogP contribution in [0.1, 0.15) is 17.4 Å². The summed E-state index contributed by atoms with van der Waals surface area (Å²) < 4.78 is 7.28. The summed E-state index contributed by atoms with van der Waals surface area (Å²) in [5.41, 5.74) is -0.171. The zero-order valence-electron chi connectivity index (χ0n) is 20.0. The molecule has 5 rings (SSSR count). The van der Waals surface area contributed by atoms with E-state index in [9.17, 15) is 34.2 Å². The number of aryl methyl sites for hydroxylation is 1. The van der Waals surface area contributed by atoms with Gasteiger partial charge >= 0.3 is 5.89 Å². The number of ketones is 4. The van der Waals surface area contributed by atoms with Gasteiger partial charge in [0, 0.05) is 43.1 Å². The Balaban J connectivity index is 1.47. The minimum absolute atomic E-state index is 0.00582. The lowest BCUT2D eigenvalue weighted by atomic mass is 9.64. The number of hydrogen-bond donors (Lipinski definition) is 1. The topological polar surface area (TPSA) is 149 Å². The molecule has 1 heterocycles. The predicted molar refractivity (Wildman–Crippen MR) is 126 cm³/mol. The highest BCUT2D eigenvalue weighted by molar-refractivity contribution is 6.48. The van der Waals surface area contributed by atoms with Gasteiger partial charge in [0.1, 0.15) is 24.6 Å². The standard InChI is InChI=1S/C27H20N2O8/c1-28(2)12-8-9-13(16(30)10-12)19-25(33)22(26(19)34)20(27(35)36)21-23(31)14(24(21)32)11-18-29(3)15-6-4-5-7-17(15)37-18/h4-11,19,21H,1-3H3,(H-,30,35,36). The number of phenols is 1. The number of carboxylic acids is 1. The normalized spacial score (nSPS) is 19.1. The molecule has 0 spiro atoms. The summed E-state index contributed by atoms with van der Waals surface area (Å²) in [4.78, 5) is 65.2. The maximum Gasteiger partial charge on any atom is 0.374 e. The van der Waals surface area contributed by atoms with Crippen molar-refractivity contribution in [3.05, 3.63) is 70.6 Å². The van der Waals surface area contributed by atoms with E-state index < -0.39 is 52.1 Å². The summed E-state index contributed by atoms with van der Waals surface area (Å²) >= 11 is 0. The molecule has 2 fully saturated rings. The molecule has 1 N–H and O–H groups in total. The quantitative estimate of drug-likeness (QED) is 0.224. The van der Waals surface area contributed by atoms with Gasteiger partial charge in [-0.05, 0) is 12.1 Å². The van der Waals surface area contributed by atoms with Crippen LogP contribution in [0.4, 0.5) is 5.69 Å². The Morgan fingerprint density at radius 3 is 2.24 bits per heavy atom. The molecule has 0 bridgehead atoms. The van der Waals surface area contributed by atoms with E-state index in [1.54, 1.807) is 60.9 Å². The number of anilines is 1. The summed E-state index contributed by atoms with van der Waals surface area (Å²) in [6, 6.07) is 11.4. The van der Waals surface area contributed by atoms with E-state index >= 15 is 0 Å². The van der Waals surface area contributed by atoms with Crippen molar-refractivity contribution < 1.29 is 43.2 Å². The molecular weight excluding hydrogens is 480 g/mol. The second-order valence-corrected chi connectivity index (χ2v) is 9.06. The van der Waals surface area contributed by atoms with E-state index in [0.29, 0.717) is 16.8 Å². The zero-order valence-corrected chi connectivity index (χ0v) is 20.0. The van der Waals surface area contributed by atoms with Gasteiger partial charge in [0.15, 0.2) is 23.1 Å². The fourth-order valence-electron chi connectivity index (χ4n) is 4.67. The van der Waals surface area contributed by atoms with Gasteiger partial charge in [-0.2, -0.15) is 4.57 Å². The first kappa shape index (κ1) is 23.9. The minimum Gasteiger partial charge on any atom is -0.545 e. The summed E-state index contributed by atoms with van der Waals surface area (Å²) in [5, 5.41) is 22.3. The molecule has 2 aliphatic rings. The molecule has 0 atom stereocenters. The number of fused-ring (bicyclic) bond motifs is 1. The largest absolute Gasteiger partial charge is 0.545 e. The van der Waals surface area contributed by atoms with E-state index in [1.165, 1.54) is 18.2 Å². The Labute approximate surface area is 209 Å². The summed E-state index contributed by atoms with van der Waals surface area (Å²) in [6.07, 6.45) is 1.20. The fourth-order valence-corrected chi connectivity index (χ4v) is 4.67. The first-order valence-electron chi connectivity index (χ1n) is 11.2. The van der Waals surface area contributed by atoms with Crippen molar-refractivity contribution in [2.24, 2.45) is 13.0 Å². The molecule has 1 aromatic heterocycles. The first-order chi connectivity index (χ1) is 17.5. The van der Waals surface area contributed by atoms with Crippen molar-refractivity contribution >= 4 is 52.0 Å². The van der Waals surface area contributed by atoms with Crippen molar-refractivity contribution in [3.63, 3.8) is 0 Å². The number of Topliss-reactive ketones (excluding diaryl/α,β-unsaturated/α-hetero) is 4. The average molecular weight is 500 g/mol. The van der Waals surface area contributed by atoms with Crippen molar-refractivity contribution in [2.75, 3.05) is 19.0 Å². The number of hydrogen-bond acceptors (Lipinski definition) is 9. The Morgan fingerprint density at radius 2 is 1.68 bits per heavy atom. The van der Waals surface area contributed by atoms with Gasteiger partial charge in [0.05, 0.1) is 23.2 Å². The van der Waals surface area contributed by atoms with Gasteiger partial charge in [-0.3, -0.25) is 19.2 Å². The number of aromatic hydroxyl groups is 1. The molecule has 186 valence electrons. The molecule has 3 aromatic rings. The SMILES string of the molecule is CN(C)c1ccc(C2C(=O)C(=C(C(=O)[O-])C3C(=O)C(=Cc4oc5ccccc5[n+]4C)C3=O)C2=O)c(O)c1. The number of aliphatic carboxylic acids is 1. The highest BCUT2D eigenvalue weighted by atomic mass is 16.4. The van der Waals surface area contributed by atoms with Crippen LogP contribution in [-0.2, 0) is 31.0 Å². The van der Waals surface area contributed by atoms with Crippen molar-refractivity contribution in [1.29, 1.82) is 0 Å². The van der Waals surface area contributed by atoms with E-state index in [4.69, 9.17) is 4.42 Å². The highest BCUT2D eigenvalue weighted by Crippen LogP contribution is 2.44. The molecule has 0 amide bonds. The number of carbonyl (C=O) groups is 5. The van der Waals surface area contributed by atoms with Gasteiger partial charge in [0.2, 0.25) is 5.58 Å². The van der Waals surface area contributed by atoms with Gasteiger partial charge in [0.25, 0.3) is 5.52 Å². The number of carboxylic acid groups (broad SMARTS) is 1. The van der Waals surface area contributed by atoms with Crippen molar-refractivity contribution in [3.8, 4) is 5.75 Å². The van der Waals surface area contributed by atoms with Crippen LogP contribution in [-0.4, -0.2) is 48.3 Å². The third-order valence-electron chi connectivity index (χ3n) is 6.73. The van der Waals surface area contributed by atoms with Gasteiger partial charge in [-0.1, -0.05) is 18.2 Å². The number of aromatic nitrogens is 1. The zero-order chi connectivity index (χ0) is 26.8. The molecule has 0 unspecified atom stereocenters. The number of para-hydroxylation sites is 2. The Hall–Kier alpha value is -4.86. The molecular formula is C27H20N2O8. The number of carbonyl (C=O) groups excluding carboxylic acids is 5. The maximum absolute atomic E-state index is 12.9. The Bertz CT molecular complexity index is 1600. The second-order valence-electron chi connectivity index (χ2n) is 9.06. The van der Waals surface area contributed by atoms with Gasteiger partial charge < -0.3 is 24.3 Å². The van der Waals surface area contributed by atoms with Crippen molar-refractivity contribution in [2.45, 2.75) is 5.92 Å². The van der Waals surface area contributed by atoms with Crippen LogP contribution < -0.4 is 14.6 Å². The molecule has 2 saturated carbocycles. The molecule has 10 nitrogen and oxygen atoms in total. The van der Waals surface area contributed by atoms with Crippen LogP contribution in [0.5, 0.6) is 5.75 Å². The first-order valence-corrected chi connectivity index (χ1v) is 11.2. The molecule has 0 aliphatic heterocycles. The third-order valence-corrected chi connectivity index (χ3v) is 6.73. The highest BCUT2D eigenvalue weighted by Gasteiger charge is 2.54. The Kier molecular flexibility index (Phi) is 5.40. The van der Waals surface area contributed by atoms with E-state index in [2.05, 4.69) is 0 Å². The van der Waals surface area contributed by atoms with Crippen LogP contribution in [0.25, 0.3) is 17.2 Å². The fraction of sp³-hybridized carbons (Fsp3) is 0.185. The molecule has 2 aliphatic carbocycles. The van der Waals surface area contributed by atoms with E-state index in [-0.39, 0.29) is 22.8 Å². The van der Waals surface area contributed by atoms with Crippen LogP contribution in [0.3, 0.4) is 0 Å². The summed E-state index contributed by atoms with van der Waals surface area (Å²) in [7, 11) is 5.15. The maximum atomic E-state index is 12.9. The number of oxazole rings is 1. The van der Waals surface area contributed by atoms with Crippen LogP contribution >= 0.6 is 0 Å². The van der Waals surface area contributed by atoms with Crippen LogP contribution in [0.2, 0.25) is 0 Å². The molecule has 37 heavy (non-hydrogen) atoms. The lowest BCUT2D eigenvalue weighted by molar-refractivity contribution is -0.652. The number of phenolic OH excluding ortho intramolecular Hbond substituents is 1. The summed E-state index contributed by atoms with van der Waals surface area (Å²) in [5.74, 6) is -8.88. The molecule has 10 heteroatoms. The monoisotopic (exact) mass is 500 g/mol.